The molecule has 1 aromatic carbocycles. The maximum Gasteiger partial charge on any atom is 0.240 e. The Morgan fingerprint density at radius 1 is 1.42 bits per heavy atom. The minimum absolute atomic E-state index is 0.238. The Bertz CT molecular complexity index is 689. The summed E-state index contributed by atoms with van der Waals surface area (Å²) in [6.45, 7) is 5.64. The van der Waals surface area contributed by atoms with E-state index in [0.29, 0.717) is 13.2 Å². The van der Waals surface area contributed by atoms with E-state index < -0.39 is 10.0 Å². The molecule has 0 unspecified atom stereocenters. The molecule has 0 aliphatic heterocycles. The molecule has 0 saturated heterocycles. The summed E-state index contributed by atoms with van der Waals surface area (Å²) in [5, 5.41) is 3.26. The van der Waals surface area contributed by atoms with Crippen molar-refractivity contribution in [3.63, 3.8) is 0 Å². The van der Waals surface area contributed by atoms with E-state index in [1.54, 1.807) is 25.2 Å². The van der Waals surface area contributed by atoms with Crippen LogP contribution in [0.25, 0.3) is 0 Å². The Balaban J connectivity index is 2.69. The van der Waals surface area contributed by atoms with Gasteiger partial charge in [0.1, 0.15) is 0 Å². The van der Waals surface area contributed by atoms with E-state index in [2.05, 4.69) is 21.6 Å². The van der Waals surface area contributed by atoms with E-state index in [1.165, 1.54) is 7.11 Å². The summed E-state index contributed by atoms with van der Waals surface area (Å²) in [4.78, 5) is 6.54. The third-order valence-electron chi connectivity index (χ3n) is 3.73. The number of guanidine groups is 1. The minimum Gasteiger partial charge on any atom is -0.383 e. The number of aliphatic imine (C=N–C) groups is 1. The summed E-state index contributed by atoms with van der Waals surface area (Å²) < 4.78 is 31.9. The number of hydrogen-bond acceptors (Lipinski definition) is 4. The first-order chi connectivity index (χ1) is 12.4. The fourth-order valence-electron chi connectivity index (χ4n) is 2.33. The highest BCUT2D eigenvalue weighted by atomic mass is 32.2. The number of allylic oxidation sites excluding steroid dienone is 1. The second-order valence-electron chi connectivity index (χ2n) is 5.79. The Labute approximate surface area is 157 Å². The second-order valence-corrected chi connectivity index (χ2v) is 7.56. The highest BCUT2D eigenvalue weighted by Gasteiger charge is 2.14. The van der Waals surface area contributed by atoms with Crippen molar-refractivity contribution < 1.29 is 13.2 Å². The zero-order chi connectivity index (χ0) is 19.4. The van der Waals surface area contributed by atoms with Crippen molar-refractivity contribution in [3.05, 3.63) is 42.5 Å². The lowest BCUT2D eigenvalue weighted by atomic mass is 10.2. The zero-order valence-electron chi connectivity index (χ0n) is 15.9. The van der Waals surface area contributed by atoms with Crippen LogP contribution < -0.4 is 10.0 Å². The molecule has 0 radical (unpaired) electrons. The summed E-state index contributed by atoms with van der Waals surface area (Å²) >= 11 is 0. The van der Waals surface area contributed by atoms with Gasteiger partial charge in [-0.1, -0.05) is 18.2 Å². The summed E-state index contributed by atoms with van der Waals surface area (Å²) in [6.07, 6.45) is 3.86. The van der Waals surface area contributed by atoms with E-state index in [-0.39, 0.29) is 11.4 Å². The van der Waals surface area contributed by atoms with E-state index in [1.807, 2.05) is 24.1 Å². The number of sulfonamides is 1. The van der Waals surface area contributed by atoms with Crippen LogP contribution in [0.1, 0.15) is 18.4 Å². The fraction of sp³-hybridized carbons (Fsp3) is 0.500. The maximum atomic E-state index is 12.3. The molecule has 7 nitrogen and oxygen atoms in total. The molecule has 0 fully saturated rings. The topological polar surface area (TPSA) is 83.0 Å². The molecule has 0 amide bonds. The Morgan fingerprint density at radius 3 is 2.85 bits per heavy atom. The molecule has 0 bridgehead atoms. The lowest BCUT2D eigenvalue weighted by Crippen LogP contribution is -2.39. The molecule has 0 spiro atoms. The molecule has 0 saturated carbocycles. The number of rotatable bonds is 11. The Kier molecular flexibility index (Phi) is 9.93. The third-order valence-corrected chi connectivity index (χ3v) is 5.19. The molecule has 0 aliphatic rings. The smallest absolute Gasteiger partial charge is 0.240 e. The first kappa shape index (κ1) is 22.1. The van der Waals surface area contributed by atoms with Crippen molar-refractivity contribution in [2.75, 3.05) is 40.9 Å². The predicted octanol–water partition coefficient (Wildman–Crippen LogP) is 1.58. The van der Waals surface area contributed by atoms with Gasteiger partial charge in [0.05, 0.1) is 11.5 Å². The van der Waals surface area contributed by atoms with Gasteiger partial charge in [-0.15, -0.1) is 6.58 Å². The molecule has 146 valence electrons. The Morgan fingerprint density at radius 2 is 2.19 bits per heavy atom. The van der Waals surface area contributed by atoms with Gasteiger partial charge in [-0.3, -0.25) is 4.99 Å². The summed E-state index contributed by atoms with van der Waals surface area (Å²) in [6, 6.07) is 6.85. The summed E-state index contributed by atoms with van der Waals surface area (Å²) in [5.41, 5.74) is 0.861. The standard InChI is InChI=1S/C18H30N4O3S/c1-5-6-7-12-22(3)18(19-2)20-15-16-9-8-10-17(14-16)26(23,24)21-11-13-25-4/h5,8-10,14,21H,1,6-7,11-13,15H2,2-4H3,(H,19,20). The molecule has 1 aromatic rings. The van der Waals surface area contributed by atoms with Crippen molar-refractivity contribution in [3.8, 4) is 0 Å². The van der Waals surface area contributed by atoms with Gasteiger partial charge in [-0.05, 0) is 30.5 Å². The first-order valence-corrected chi connectivity index (χ1v) is 10.0. The number of unbranched alkanes of at least 4 members (excludes halogenated alkanes) is 1. The molecule has 0 heterocycles. The SMILES string of the molecule is C=CCCCN(C)C(=NC)NCc1cccc(S(=O)(=O)NCCOC)c1. The van der Waals surface area contributed by atoms with Crippen LogP contribution in [0.3, 0.4) is 0 Å². The average Bonchev–Trinajstić information content (AvgIpc) is 2.63. The van der Waals surface area contributed by atoms with E-state index in [9.17, 15) is 8.42 Å². The molecule has 26 heavy (non-hydrogen) atoms. The number of nitrogens with zero attached hydrogens (tertiary/aromatic N) is 2. The quantitative estimate of drug-likeness (QED) is 0.263. The molecule has 2 N–H and O–H groups in total. The van der Waals surface area contributed by atoms with E-state index >= 15 is 0 Å². The van der Waals surface area contributed by atoms with Gasteiger partial charge in [0.25, 0.3) is 0 Å². The number of methoxy groups -OCH3 is 1. The van der Waals surface area contributed by atoms with E-state index in [0.717, 1.165) is 30.9 Å². The number of benzene rings is 1. The number of ether oxygens (including phenoxy) is 1. The molecular formula is C18H30N4O3S. The molecule has 8 heteroatoms. The van der Waals surface area contributed by atoms with Crippen LogP contribution in [-0.4, -0.2) is 60.2 Å². The van der Waals surface area contributed by atoms with Gasteiger partial charge in [0.2, 0.25) is 10.0 Å². The highest BCUT2D eigenvalue weighted by Crippen LogP contribution is 2.11. The lowest BCUT2D eigenvalue weighted by Gasteiger charge is -2.22. The van der Waals surface area contributed by atoms with Crippen molar-refractivity contribution in [1.82, 2.24) is 14.9 Å². The first-order valence-electron chi connectivity index (χ1n) is 8.54. The zero-order valence-corrected chi connectivity index (χ0v) is 16.7. The monoisotopic (exact) mass is 382 g/mol. The molecule has 1 rings (SSSR count). The Hall–Kier alpha value is -1.90. The summed E-state index contributed by atoms with van der Waals surface area (Å²) in [5.74, 6) is 0.764. The summed E-state index contributed by atoms with van der Waals surface area (Å²) in [7, 11) is 1.69. The average molecular weight is 383 g/mol. The largest absolute Gasteiger partial charge is 0.383 e. The van der Waals surface area contributed by atoms with Gasteiger partial charge >= 0.3 is 0 Å². The van der Waals surface area contributed by atoms with Crippen LogP contribution in [0.2, 0.25) is 0 Å². The van der Waals surface area contributed by atoms with Crippen LogP contribution >= 0.6 is 0 Å². The fourth-order valence-corrected chi connectivity index (χ4v) is 3.41. The molecular weight excluding hydrogens is 352 g/mol. The van der Waals surface area contributed by atoms with Crippen LogP contribution in [0.5, 0.6) is 0 Å². The van der Waals surface area contributed by atoms with Crippen LogP contribution in [0.4, 0.5) is 0 Å². The van der Waals surface area contributed by atoms with Crippen molar-refractivity contribution >= 4 is 16.0 Å². The van der Waals surface area contributed by atoms with Gasteiger partial charge in [-0.25, -0.2) is 13.1 Å². The number of nitrogens with one attached hydrogen (secondary N) is 2. The molecule has 0 aromatic heterocycles. The van der Waals surface area contributed by atoms with Gasteiger partial charge in [-0.2, -0.15) is 0 Å². The van der Waals surface area contributed by atoms with Crippen molar-refractivity contribution in [2.24, 2.45) is 4.99 Å². The molecule has 0 atom stereocenters. The third kappa shape index (κ3) is 7.55. The minimum atomic E-state index is -3.54. The van der Waals surface area contributed by atoms with Crippen LogP contribution in [0.15, 0.2) is 46.8 Å². The lowest BCUT2D eigenvalue weighted by molar-refractivity contribution is 0.204. The maximum absolute atomic E-state index is 12.3. The second kappa shape index (κ2) is 11.7. The van der Waals surface area contributed by atoms with Crippen molar-refractivity contribution in [1.29, 1.82) is 0 Å². The van der Waals surface area contributed by atoms with E-state index in [4.69, 9.17) is 4.74 Å². The van der Waals surface area contributed by atoms with Crippen LogP contribution in [0, 0.1) is 0 Å². The van der Waals surface area contributed by atoms with Gasteiger partial charge < -0.3 is 15.0 Å². The highest BCUT2D eigenvalue weighted by molar-refractivity contribution is 7.89. The number of hydrogen-bond donors (Lipinski definition) is 2. The predicted molar refractivity (Wildman–Crippen MR) is 106 cm³/mol. The van der Waals surface area contributed by atoms with Gasteiger partial charge in [0.15, 0.2) is 5.96 Å². The van der Waals surface area contributed by atoms with Crippen LogP contribution in [-0.2, 0) is 21.3 Å². The van der Waals surface area contributed by atoms with Crippen molar-refractivity contribution in [2.45, 2.75) is 24.3 Å². The normalized spacial score (nSPS) is 12.0. The van der Waals surface area contributed by atoms with Gasteiger partial charge in [0, 0.05) is 40.8 Å². The molecule has 0 aliphatic carbocycles.